The first-order valence-corrected chi connectivity index (χ1v) is 9.77. The lowest BCUT2D eigenvalue weighted by molar-refractivity contribution is -0.141. The van der Waals surface area contributed by atoms with E-state index >= 15 is 0 Å². The van der Waals surface area contributed by atoms with Crippen LogP contribution in [0.25, 0.3) is 10.6 Å². The van der Waals surface area contributed by atoms with Crippen molar-refractivity contribution in [3.05, 3.63) is 29.3 Å². The van der Waals surface area contributed by atoms with Gasteiger partial charge in [-0.05, 0) is 24.3 Å². The van der Waals surface area contributed by atoms with E-state index in [9.17, 15) is 9.59 Å². The summed E-state index contributed by atoms with van der Waals surface area (Å²) in [4.78, 5) is 30.0. The molecular formula is C18H21N3O4S. The van der Waals surface area contributed by atoms with Crippen molar-refractivity contribution in [2.24, 2.45) is 5.92 Å². The highest BCUT2D eigenvalue weighted by Crippen LogP contribution is 2.26. The normalized spacial score (nSPS) is 21.0. The van der Waals surface area contributed by atoms with Gasteiger partial charge in [-0.3, -0.25) is 9.59 Å². The number of nitrogens with zero attached hydrogens (tertiary/aromatic N) is 3. The van der Waals surface area contributed by atoms with Crippen LogP contribution in [0.2, 0.25) is 0 Å². The minimum Gasteiger partial charge on any atom is -0.378 e. The zero-order chi connectivity index (χ0) is 17.9. The molecule has 4 heterocycles. The molecule has 138 valence electrons. The van der Waals surface area contributed by atoms with Crippen LogP contribution in [0.15, 0.2) is 28.1 Å². The molecule has 2 amide bonds. The number of piperidine rings is 1. The third-order valence-electron chi connectivity index (χ3n) is 4.87. The number of morpholine rings is 1. The molecule has 0 radical (unpaired) electrons. The van der Waals surface area contributed by atoms with Gasteiger partial charge >= 0.3 is 0 Å². The van der Waals surface area contributed by atoms with Crippen LogP contribution in [0.5, 0.6) is 0 Å². The molecule has 2 aromatic heterocycles. The molecule has 1 atom stereocenters. The van der Waals surface area contributed by atoms with Crippen molar-refractivity contribution in [2.45, 2.75) is 12.8 Å². The molecule has 2 aromatic rings. The van der Waals surface area contributed by atoms with E-state index in [1.807, 2.05) is 22.4 Å². The van der Waals surface area contributed by atoms with Crippen molar-refractivity contribution in [3.63, 3.8) is 0 Å². The average Bonchev–Trinajstić information content (AvgIpc) is 3.39. The maximum atomic E-state index is 12.8. The molecule has 4 rings (SSSR count). The van der Waals surface area contributed by atoms with Crippen LogP contribution in [0.1, 0.15) is 23.3 Å². The van der Waals surface area contributed by atoms with Crippen molar-refractivity contribution in [3.8, 4) is 10.6 Å². The second-order valence-electron chi connectivity index (χ2n) is 6.58. The number of hydrogen-bond acceptors (Lipinski definition) is 6. The minimum atomic E-state index is -0.170. The topological polar surface area (TPSA) is 75.9 Å². The van der Waals surface area contributed by atoms with Gasteiger partial charge < -0.3 is 19.1 Å². The van der Waals surface area contributed by atoms with Gasteiger partial charge in [0, 0.05) is 32.2 Å². The minimum absolute atomic E-state index is 0.130. The highest BCUT2D eigenvalue weighted by atomic mass is 32.1. The highest BCUT2D eigenvalue weighted by Gasteiger charge is 2.33. The fourth-order valence-corrected chi connectivity index (χ4v) is 4.15. The molecule has 2 aliphatic rings. The van der Waals surface area contributed by atoms with Crippen LogP contribution < -0.4 is 0 Å². The molecular weight excluding hydrogens is 354 g/mol. The molecule has 2 fully saturated rings. The summed E-state index contributed by atoms with van der Waals surface area (Å²) in [6.07, 6.45) is 1.64. The molecule has 1 unspecified atom stereocenters. The Labute approximate surface area is 155 Å². The summed E-state index contributed by atoms with van der Waals surface area (Å²) in [6.45, 7) is 3.54. The fourth-order valence-electron chi connectivity index (χ4n) is 3.48. The van der Waals surface area contributed by atoms with Crippen LogP contribution in [0, 0.1) is 5.92 Å². The standard InChI is InChI=1S/C18H21N3O4S/c22-17(20-6-8-24-9-7-20)13-3-1-5-21(12-13)18(23)14-11-15(25-19-14)16-4-2-10-26-16/h2,4,10-11,13H,1,3,5-9,12H2. The van der Waals surface area contributed by atoms with E-state index in [0.29, 0.717) is 50.8 Å². The predicted octanol–water partition coefficient (Wildman–Crippen LogP) is 2.11. The molecule has 0 aliphatic carbocycles. The van der Waals surface area contributed by atoms with E-state index in [-0.39, 0.29) is 17.7 Å². The third kappa shape index (κ3) is 3.52. The Kier molecular flexibility index (Phi) is 5.03. The molecule has 2 saturated heterocycles. The van der Waals surface area contributed by atoms with E-state index in [4.69, 9.17) is 9.26 Å². The Balaban J connectivity index is 1.42. The first kappa shape index (κ1) is 17.2. The van der Waals surface area contributed by atoms with Gasteiger partial charge in [0.1, 0.15) is 0 Å². The van der Waals surface area contributed by atoms with Crippen LogP contribution in [0.4, 0.5) is 0 Å². The summed E-state index contributed by atoms with van der Waals surface area (Å²) in [6, 6.07) is 5.54. The molecule has 0 aromatic carbocycles. The lowest BCUT2D eigenvalue weighted by Crippen LogP contribution is -2.49. The van der Waals surface area contributed by atoms with E-state index in [1.165, 1.54) is 11.3 Å². The molecule has 0 saturated carbocycles. The summed E-state index contributed by atoms with van der Waals surface area (Å²) in [5.74, 6) is 0.414. The van der Waals surface area contributed by atoms with E-state index in [1.54, 1.807) is 11.0 Å². The smallest absolute Gasteiger partial charge is 0.276 e. The number of aromatic nitrogens is 1. The molecule has 0 spiro atoms. The number of ether oxygens (including phenoxy) is 1. The molecule has 7 nitrogen and oxygen atoms in total. The van der Waals surface area contributed by atoms with Crippen molar-refractivity contribution >= 4 is 23.2 Å². The van der Waals surface area contributed by atoms with E-state index < -0.39 is 0 Å². The summed E-state index contributed by atoms with van der Waals surface area (Å²) in [5, 5.41) is 5.89. The number of likely N-dealkylation sites (tertiary alicyclic amines) is 1. The van der Waals surface area contributed by atoms with Crippen molar-refractivity contribution in [1.82, 2.24) is 15.0 Å². The first-order valence-electron chi connectivity index (χ1n) is 8.89. The number of carbonyl (C=O) groups is 2. The zero-order valence-electron chi connectivity index (χ0n) is 14.4. The SMILES string of the molecule is O=C(c1cc(-c2cccs2)on1)N1CCCC(C(=O)N2CCOCC2)C1. The van der Waals surface area contributed by atoms with Crippen LogP contribution >= 0.6 is 11.3 Å². The van der Waals surface area contributed by atoms with Crippen molar-refractivity contribution in [2.75, 3.05) is 39.4 Å². The lowest BCUT2D eigenvalue weighted by atomic mass is 9.96. The monoisotopic (exact) mass is 375 g/mol. The summed E-state index contributed by atoms with van der Waals surface area (Å²) >= 11 is 1.54. The van der Waals surface area contributed by atoms with Gasteiger partial charge in [-0.2, -0.15) is 0 Å². The van der Waals surface area contributed by atoms with Gasteiger partial charge in [0.2, 0.25) is 5.91 Å². The predicted molar refractivity (Wildman–Crippen MR) is 95.8 cm³/mol. The van der Waals surface area contributed by atoms with Crippen LogP contribution in [0.3, 0.4) is 0 Å². The van der Waals surface area contributed by atoms with Crippen molar-refractivity contribution in [1.29, 1.82) is 0 Å². The fraction of sp³-hybridized carbons (Fsp3) is 0.500. The molecule has 2 aliphatic heterocycles. The van der Waals surface area contributed by atoms with Gasteiger partial charge in [-0.25, -0.2) is 0 Å². The third-order valence-corrected chi connectivity index (χ3v) is 5.76. The molecule has 8 heteroatoms. The van der Waals surface area contributed by atoms with Gasteiger partial charge in [0.25, 0.3) is 5.91 Å². The van der Waals surface area contributed by atoms with Crippen molar-refractivity contribution < 1.29 is 18.8 Å². The molecule has 0 N–H and O–H groups in total. The first-order chi connectivity index (χ1) is 12.7. The maximum Gasteiger partial charge on any atom is 0.276 e. The largest absolute Gasteiger partial charge is 0.378 e. The Morgan fingerprint density at radius 3 is 2.81 bits per heavy atom. The number of thiophene rings is 1. The Bertz CT molecular complexity index is 767. The molecule has 26 heavy (non-hydrogen) atoms. The summed E-state index contributed by atoms with van der Waals surface area (Å²) in [7, 11) is 0. The van der Waals surface area contributed by atoms with E-state index in [2.05, 4.69) is 5.16 Å². The Morgan fingerprint density at radius 1 is 1.19 bits per heavy atom. The van der Waals surface area contributed by atoms with Gasteiger partial charge in [0.15, 0.2) is 11.5 Å². The quantitative estimate of drug-likeness (QED) is 0.821. The average molecular weight is 375 g/mol. The Morgan fingerprint density at radius 2 is 2.04 bits per heavy atom. The van der Waals surface area contributed by atoms with Gasteiger partial charge in [-0.15, -0.1) is 11.3 Å². The van der Waals surface area contributed by atoms with Crippen LogP contribution in [-0.2, 0) is 9.53 Å². The van der Waals surface area contributed by atoms with Crippen LogP contribution in [-0.4, -0.2) is 66.2 Å². The summed E-state index contributed by atoms with van der Waals surface area (Å²) in [5.41, 5.74) is 0.299. The van der Waals surface area contributed by atoms with Gasteiger partial charge in [0.05, 0.1) is 24.0 Å². The summed E-state index contributed by atoms with van der Waals surface area (Å²) < 4.78 is 10.6. The number of rotatable bonds is 3. The Hall–Kier alpha value is -2.19. The number of carbonyl (C=O) groups excluding carboxylic acids is 2. The second kappa shape index (κ2) is 7.59. The lowest BCUT2D eigenvalue weighted by Gasteiger charge is -2.35. The highest BCUT2D eigenvalue weighted by molar-refractivity contribution is 7.13. The number of hydrogen-bond donors (Lipinski definition) is 0. The maximum absolute atomic E-state index is 12.8. The second-order valence-corrected chi connectivity index (χ2v) is 7.53. The molecule has 0 bridgehead atoms. The van der Waals surface area contributed by atoms with E-state index in [0.717, 1.165) is 17.7 Å². The zero-order valence-corrected chi connectivity index (χ0v) is 15.2. The van der Waals surface area contributed by atoms with Gasteiger partial charge in [-0.1, -0.05) is 11.2 Å². The number of amides is 2.